The van der Waals surface area contributed by atoms with Crippen molar-refractivity contribution in [3.8, 4) is 0 Å². The number of aryl methyl sites for hydroxylation is 3. The van der Waals surface area contributed by atoms with Gasteiger partial charge in [0.25, 0.3) is 11.8 Å². The van der Waals surface area contributed by atoms with E-state index >= 15 is 0 Å². The normalized spacial score (nSPS) is 13.8. The summed E-state index contributed by atoms with van der Waals surface area (Å²) in [6.07, 6.45) is 5.67. The average Bonchev–Trinajstić information content (AvgIpc) is 3.23. The van der Waals surface area contributed by atoms with Crippen molar-refractivity contribution in [2.24, 2.45) is 0 Å². The number of hydrogen-bond donors (Lipinski definition) is 2. The van der Waals surface area contributed by atoms with Crippen LogP contribution in [-0.4, -0.2) is 26.8 Å². The molecule has 4 rings (SSSR count). The van der Waals surface area contributed by atoms with Crippen molar-refractivity contribution in [2.75, 3.05) is 0 Å². The number of rotatable bonds is 3. The number of nitrogens with one attached hydrogen (secondary N) is 2. The van der Waals surface area contributed by atoms with E-state index < -0.39 is 0 Å². The monoisotopic (exact) mass is 383 g/mol. The molecule has 0 unspecified atom stereocenters. The van der Waals surface area contributed by atoms with Crippen LogP contribution in [0.2, 0.25) is 0 Å². The standard InChI is InChI=1S/C19H21N5O2S/c1-2-24-15-9-8-13(10-14(15)20-23-24)18(25)21-22-19(26)17-11-12-6-4-3-5-7-16(12)27-17/h8-11H,2-7H2,1H3,(H,21,25)(H,22,26). The SMILES string of the molecule is CCn1nnc2cc(C(=O)NNC(=O)c3cc4c(s3)CCCCC4)ccc21. The van der Waals surface area contributed by atoms with E-state index in [1.54, 1.807) is 16.8 Å². The van der Waals surface area contributed by atoms with E-state index in [-0.39, 0.29) is 11.8 Å². The topological polar surface area (TPSA) is 88.9 Å². The highest BCUT2D eigenvalue weighted by Gasteiger charge is 2.17. The van der Waals surface area contributed by atoms with Gasteiger partial charge in [0, 0.05) is 17.0 Å². The molecule has 0 aliphatic heterocycles. The molecule has 1 aliphatic rings. The Bertz CT molecular complexity index is 983. The number of carbonyl (C=O) groups is 2. The van der Waals surface area contributed by atoms with Gasteiger partial charge >= 0.3 is 0 Å². The molecule has 1 aromatic carbocycles. The summed E-state index contributed by atoms with van der Waals surface area (Å²) in [6.45, 7) is 2.69. The molecular formula is C19H21N5O2S. The number of nitrogens with zero attached hydrogens (tertiary/aromatic N) is 3. The van der Waals surface area contributed by atoms with Crippen molar-refractivity contribution in [2.45, 2.75) is 45.6 Å². The number of hydrazine groups is 1. The van der Waals surface area contributed by atoms with Crippen molar-refractivity contribution in [3.05, 3.63) is 45.1 Å². The maximum atomic E-state index is 12.4. The molecular weight excluding hydrogens is 362 g/mol. The number of amides is 2. The molecule has 0 spiro atoms. The predicted molar refractivity (Wildman–Crippen MR) is 104 cm³/mol. The van der Waals surface area contributed by atoms with E-state index in [9.17, 15) is 9.59 Å². The van der Waals surface area contributed by atoms with Gasteiger partial charge in [0.2, 0.25) is 0 Å². The van der Waals surface area contributed by atoms with Crippen molar-refractivity contribution < 1.29 is 9.59 Å². The number of fused-ring (bicyclic) bond motifs is 2. The lowest BCUT2D eigenvalue weighted by atomic mass is 10.1. The molecule has 140 valence electrons. The average molecular weight is 383 g/mol. The van der Waals surface area contributed by atoms with Gasteiger partial charge in [-0.1, -0.05) is 11.6 Å². The molecule has 7 nitrogen and oxygen atoms in total. The third kappa shape index (κ3) is 3.57. The number of aromatic nitrogens is 3. The lowest BCUT2D eigenvalue weighted by Crippen LogP contribution is -2.41. The lowest BCUT2D eigenvalue weighted by molar-refractivity contribution is 0.0849. The zero-order valence-corrected chi connectivity index (χ0v) is 15.9. The summed E-state index contributed by atoms with van der Waals surface area (Å²) >= 11 is 1.53. The largest absolute Gasteiger partial charge is 0.279 e. The van der Waals surface area contributed by atoms with Crippen LogP contribution >= 0.6 is 11.3 Å². The van der Waals surface area contributed by atoms with Crippen LogP contribution in [0.3, 0.4) is 0 Å². The highest BCUT2D eigenvalue weighted by molar-refractivity contribution is 7.14. The van der Waals surface area contributed by atoms with Crippen LogP contribution in [0.4, 0.5) is 0 Å². The van der Waals surface area contributed by atoms with Crippen molar-refractivity contribution in [3.63, 3.8) is 0 Å². The van der Waals surface area contributed by atoms with Crippen LogP contribution in [0.1, 0.15) is 56.7 Å². The lowest BCUT2D eigenvalue weighted by Gasteiger charge is -2.06. The molecule has 0 saturated heterocycles. The molecule has 0 fully saturated rings. The molecule has 3 aromatic rings. The van der Waals surface area contributed by atoms with E-state index in [1.165, 1.54) is 41.0 Å². The maximum absolute atomic E-state index is 12.4. The number of benzene rings is 1. The van der Waals surface area contributed by atoms with E-state index in [0.29, 0.717) is 22.5 Å². The molecule has 2 amide bonds. The van der Waals surface area contributed by atoms with Crippen molar-refractivity contribution >= 4 is 34.2 Å². The number of thiophene rings is 1. The van der Waals surface area contributed by atoms with E-state index in [0.717, 1.165) is 18.4 Å². The fourth-order valence-electron chi connectivity index (χ4n) is 3.37. The Morgan fingerprint density at radius 3 is 2.78 bits per heavy atom. The second kappa shape index (κ2) is 7.48. The van der Waals surface area contributed by atoms with Gasteiger partial charge in [-0.25, -0.2) is 4.68 Å². The zero-order chi connectivity index (χ0) is 18.8. The Balaban J connectivity index is 1.42. The van der Waals surface area contributed by atoms with Crippen molar-refractivity contribution in [1.29, 1.82) is 0 Å². The second-order valence-electron chi connectivity index (χ2n) is 6.64. The minimum Gasteiger partial charge on any atom is -0.267 e. The molecule has 0 bridgehead atoms. The first-order valence-corrected chi connectivity index (χ1v) is 10.0. The summed E-state index contributed by atoms with van der Waals surface area (Å²) < 4.78 is 1.76. The molecule has 2 N–H and O–H groups in total. The first-order valence-electron chi connectivity index (χ1n) is 9.21. The van der Waals surface area contributed by atoms with Gasteiger partial charge in [0.15, 0.2) is 0 Å². The summed E-state index contributed by atoms with van der Waals surface area (Å²) in [7, 11) is 0. The second-order valence-corrected chi connectivity index (χ2v) is 7.77. The Hall–Kier alpha value is -2.74. The van der Waals surface area contributed by atoms with Gasteiger partial charge in [-0.2, -0.15) is 0 Å². The van der Waals surface area contributed by atoms with Gasteiger partial charge in [-0.15, -0.1) is 16.4 Å². The Kier molecular flexibility index (Phi) is 4.89. The van der Waals surface area contributed by atoms with Crippen molar-refractivity contribution in [1.82, 2.24) is 25.8 Å². The van der Waals surface area contributed by atoms with Crippen LogP contribution in [0, 0.1) is 0 Å². The van der Waals surface area contributed by atoms with Gasteiger partial charge in [0.05, 0.1) is 10.4 Å². The highest BCUT2D eigenvalue weighted by Crippen LogP contribution is 2.28. The van der Waals surface area contributed by atoms with Crippen LogP contribution in [-0.2, 0) is 19.4 Å². The first kappa shape index (κ1) is 17.7. The molecule has 0 radical (unpaired) electrons. The first-order chi connectivity index (χ1) is 13.2. The Morgan fingerprint density at radius 1 is 1.11 bits per heavy atom. The maximum Gasteiger partial charge on any atom is 0.279 e. The fourth-order valence-corrected chi connectivity index (χ4v) is 4.52. The quantitative estimate of drug-likeness (QED) is 0.538. The molecule has 1 aliphatic carbocycles. The van der Waals surface area contributed by atoms with Crippen LogP contribution in [0.15, 0.2) is 24.3 Å². The van der Waals surface area contributed by atoms with E-state index in [2.05, 4.69) is 21.2 Å². The minimum absolute atomic E-state index is 0.278. The minimum atomic E-state index is -0.380. The molecule has 2 heterocycles. The van der Waals surface area contributed by atoms with Crippen LogP contribution < -0.4 is 10.9 Å². The van der Waals surface area contributed by atoms with E-state index in [1.807, 2.05) is 19.1 Å². The third-order valence-electron chi connectivity index (χ3n) is 4.84. The highest BCUT2D eigenvalue weighted by atomic mass is 32.1. The number of carbonyl (C=O) groups excluding carboxylic acids is 2. The van der Waals surface area contributed by atoms with Crippen LogP contribution in [0.25, 0.3) is 11.0 Å². The predicted octanol–water partition coefficient (Wildman–Crippen LogP) is 2.86. The summed E-state index contributed by atoms with van der Waals surface area (Å²) in [6, 6.07) is 7.14. The molecule has 0 saturated carbocycles. The molecule has 2 aromatic heterocycles. The summed E-state index contributed by atoms with van der Waals surface area (Å²) in [4.78, 5) is 26.7. The summed E-state index contributed by atoms with van der Waals surface area (Å²) in [5, 5.41) is 8.10. The van der Waals surface area contributed by atoms with Gasteiger partial charge in [-0.05, 0) is 62.4 Å². The van der Waals surface area contributed by atoms with Gasteiger partial charge in [-0.3, -0.25) is 20.4 Å². The van der Waals surface area contributed by atoms with Gasteiger partial charge in [0.1, 0.15) is 5.52 Å². The smallest absolute Gasteiger partial charge is 0.267 e. The molecule has 0 atom stereocenters. The van der Waals surface area contributed by atoms with E-state index in [4.69, 9.17) is 0 Å². The number of hydrogen-bond acceptors (Lipinski definition) is 5. The Morgan fingerprint density at radius 2 is 1.93 bits per heavy atom. The fraction of sp³-hybridized carbons (Fsp3) is 0.368. The summed E-state index contributed by atoms with van der Waals surface area (Å²) in [5.41, 5.74) is 8.23. The van der Waals surface area contributed by atoms with Gasteiger partial charge < -0.3 is 0 Å². The Labute approximate surface area is 160 Å². The third-order valence-corrected chi connectivity index (χ3v) is 6.07. The van der Waals surface area contributed by atoms with Crippen LogP contribution in [0.5, 0.6) is 0 Å². The zero-order valence-electron chi connectivity index (χ0n) is 15.1. The summed E-state index contributed by atoms with van der Waals surface area (Å²) in [5.74, 6) is -0.658. The molecule has 27 heavy (non-hydrogen) atoms. The molecule has 8 heteroatoms.